The van der Waals surface area contributed by atoms with Gasteiger partial charge in [-0.2, -0.15) is 0 Å². The molecule has 4 nitrogen and oxygen atoms in total. The highest BCUT2D eigenvalue weighted by Crippen LogP contribution is 2.20. The number of nitrogen functional groups attached to an aromatic ring is 1. The molecule has 1 atom stereocenters. The third-order valence-electron chi connectivity index (χ3n) is 2.52. The Morgan fingerprint density at radius 3 is 2.82 bits per heavy atom. The maximum atomic E-state index is 11.7. The molecule has 0 aliphatic rings. The minimum atomic E-state index is -0.286. The highest BCUT2D eigenvalue weighted by Gasteiger charge is 2.12. The average molecular weight is 235 g/mol. The summed E-state index contributed by atoms with van der Waals surface area (Å²) in [6.45, 7) is 6.55. The molecule has 1 unspecified atom stereocenters. The second-order valence-electron chi connectivity index (χ2n) is 4.25. The summed E-state index contributed by atoms with van der Waals surface area (Å²) in [7, 11) is 0. The Hall–Kier alpha value is -1.71. The highest BCUT2D eigenvalue weighted by atomic mass is 16.2. The third kappa shape index (κ3) is 3.98. The van der Waals surface area contributed by atoms with E-state index < -0.39 is 0 Å². The van der Waals surface area contributed by atoms with Crippen LogP contribution in [0.2, 0.25) is 0 Å². The quantitative estimate of drug-likeness (QED) is 0.683. The van der Waals surface area contributed by atoms with Gasteiger partial charge >= 0.3 is 0 Å². The zero-order valence-corrected chi connectivity index (χ0v) is 10.7. The first-order chi connectivity index (χ1) is 8.04. The van der Waals surface area contributed by atoms with Crippen molar-refractivity contribution >= 4 is 17.3 Å². The van der Waals surface area contributed by atoms with E-state index in [1.165, 1.54) is 0 Å². The number of hydrogen-bond acceptors (Lipinski definition) is 3. The number of carbonyl (C=O) groups is 1. The van der Waals surface area contributed by atoms with Crippen molar-refractivity contribution in [3.8, 4) is 0 Å². The molecule has 94 valence electrons. The van der Waals surface area contributed by atoms with E-state index in [0.29, 0.717) is 12.2 Å². The van der Waals surface area contributed by atoms with Crippen molar-refractivity contribution in [1.82, 2.24) is 5.32 Å². The molecule has 0 radical (unpaired) electrons. The third-order valence-corrected chi connectivity index (χ3v) is 2.52. The zero-order chi connectivity index (χ0) is 12.8. The van der Waals surface area contributed by atoms with Gasteiger partial charge < -0.3 is 16.4 Å². The molecule has 17 heavy (non-hydrogen) atoms. The zero-order valence-electron chi connectivity index (χ0n) is 10.7. The van der Waals surface area contributed by atoms with E-state index >= 15 is 0 Å². The molecule has 0 saturated heterocycles. The monoisotopic (exact) mass is 235 g/mol. The summed E-state index contributed by atoms with van der Waals surface area (Å²) in [5.41, 5.74) is 8.43. The molecule has 4 N–H and O–H groups in total. The van der Waals surface area contributed by atoms with Crippen LogP contribution >= 0.6 is 0 Å². The smallest absolute Gasteiger partial charge is 0.242 e. The maximum absolute atomic E-state index is 11.7. The molecular formula is C13H21N3O. The average Bonchev–Trinajstić information content (AvgIpc) is 2.30. The van der Waals surface area contributed by atoms with Crippen LogP contribution in [0.4, 0.5) is 11.4 Å². The summed E-state index contributed by atoms with van der Waals surface area (Å²) < 4.78 is 0. The summed E-state index contributed by atoms with van der Waals surface area (Å²) in [6.07, 6.45) is 0.936. The summed E-state index contributed by atoms with van der Waals surface area (Å²) in [4.78, 5) is 11.7. The number of carbonyl (C=O) groups excluding carboxylic acids is 1. The fourth-order valence-corrected chi connectivity index (χ4v) is 1.50. The molecule has 0 fully saturated rings. The van der Waals surface area contributed by atoms with Crippen molar-refractivity contribution in [3.63, 3.8) is 0 Å². The lowest BCUT2D eigenvalue weighted by Crippen LogP contribution is -2.38. The Morgan fingerprint density at radius 1 is 1.47 bits per heavy atom. The lowest BCUT2D eigenvalue weighted by molar-refractivity contribution is -0.121. The number of nitrogens with one attached hydrogen (secondary N) is 2. The minimum Gasteiger partial charge on any atom is -0.397 e. The van der Waals surface area contributed by atoms with E-state index in [2.05, 4.69) is 10.6 Å². The lowest BCUT2D eigenvalue weighted by atomic mass is 10.1. The van der Waals surface area contributed by atoms with Crippen LogP contribution in [0.3, 0.4) is 0 Å². The van der Waals surface area contributed by atoms with Crippen molar-refractivity contribution in [1.29, 1.82) is 0 Å². The largest absolute Gasteiger partial charge is 0.397 e. The van der Waals surface area contributed by atoms with Crippen LogP contribution in [-0.4, -0.2) is 18.5 Å². The van der Waals surface area contributed by atoms with Gasteiger partial charge in [0, 0.05) is 6.54 Å². The molecule has 1 aromatic rings. The van der Waals surface area contributed by atoms with Crippen LogP contribution in [0, 0.1) is 6.92 Å². The Balaban J connectivity index is 2.64. The predicted octanol–water partition coefficient (Wildman–Crippen LogP) is 1.90. The van der Waals surface area contributed by atoms with E-state index in [-0.39, 0.29) is 11.9 Å². The predicted molar refractivity (Wildman–Crippen MR) is 72.0 cm³/mol. The first-order valence-electron chi connectivity index (χ1n) is 5.95. The minimum absolute atomic E-state index is 0.00671. The van der Waals surface area contributed by atoms with E-state index in [9.17, 15) is 4.79 Å². The van der Waals surface area contributed by atoms with Gasteiger partial charge in [0.25, 0.3) is 0 Å². The molecule has 4 heteroatoms. The number of benzene rings is 1. The summed E-state index contributed by atoms with van der Waals surface area (Å²) >= 11 is 0. The van der Waals surface area contributed by atoms with Crippen LogP contribution < -0.4 is 16.4 Å². The van der Waals surface area contributed by atoms with Gasteiger partial charge in [-0.3, -0.25) is 4.79 Å². The van der Waals surface area contributed by atoms with Crippen LogP contribution in [0.5, 0.6) is 0 Å². The van der Waals surface area contributed by atoms with Crippen molar-refractivity contribution < 1.29 is 4.79 Å². The van der Waals surface area contributed by atoms with Crippen LogP contribution in [0.1, 0.15) is 25.8 Å². The SMILES string of the molecule is CCCNC(=O)C(C)Nc1cc(C)ccc1N. The number of anilines is 2. The fourth-order valence-electron chi connectivity index (χ4n) is 1.50. The Morgan fingerprint density at radius 2 is 2.18 bits per heavy atom. The Labute approximate surface area is 103 Å². The van der Waals surface area contributed by atoms with Crippen molar-refractivity contribution in [2.75, 3.05) is 17.6 Å². The normalized spacial score (nSPS) is 11.9. The Bertz CT molecular complexity index is 390. The molecule has 0 aliphatic carbocycles. The van der Waals surface area contributed by atoms with Gasteiger partial charge in [0.2, 0.25) is 5.91 Å². The first kappa shape index (κ1) is 13.4. The fraction of sp³-hybridized carbons (Fsp3) is 0.462. The maximum Gasteiger partial charge on any atom is 0.242 e. The van der Waals surface area contributed by atoms with Crippen LogP contribution in [0.15, 0.2) is 18.2 Å². The molecule has 0 aromatic heterocycles. The van der Waals surface area contributed by atoms with E-state index in [1.54, 1.807) is 0 Å². The second-order valence-corrected chi connectivity index (χ2v) is 4.25. The van der Waals surface area contributed by atoms with Gasteiger partial charge in [-0.1, -0.05) is 13.0 Å². The van der Waals surface area contributed by atoms with Crippen LogP contribution in [-0.2, 0) is 4.79 Å². The first-order valence-corrected chi connectivity index (χ1v) is 5.95. The number of rotatable bonds is 5. The van der Waals surface area contributed by atoms with Gasteiger partial charge in [0.05, 0.1) is 11.4 Å². The molecule has 0 saturated carbocycles. The van der Waals surface area contributed by atoms with E-state index in [1.807, 2.05) is 39.0 Å². The van der Waals surface area contributed by atoms with Crippen molar-refractivity contribution in [2.24, 2.45) is 0 Å². The van der Waals surface area contributed by atoms with Gasteiger partial charge in [0.15, 0.2) is 0 Å². The molecule has 1 rings (SSSR count). The molecule has 0 bridgehead atoms. The van der Waals surface area contributed by atoms with Crippen LogP contribution in [0.25, 0.3) is 0 Å². The summed E-state index contributed by atoms with van der Waals surface area (Å²) in [5.74, 6) is -0.00671. The molecule has 0 heterocycles. The van der Waals surface area contributed by atoms with Crippen molar-refractivity contribution in [3.05, 3.63) is 23.8 Å². The van der Waals surface area contributed by atoms with Crippen molar-refractivity contribution in [2.45, 2.75) is 33.2 Å². The molecule has 1 aromatic carbocycles. The van der Waals surface area contributed by atoms with E-state index in [0.717, 1.165) is 17.7 Å². The number of hydrogen-bond donors (Lipinski definition) is 3. The van der Waals surface area contributed by atoms with Gasteiger partial charge in [-0.05, 0) is 38.0 Å². The molecular weight excluding hydrogens is 214 g/mol. The second kappa shape index (κ2) is 6.13. The topological polar surface area (TPSA) is 67.2 Å². The summed E-state index contributed by atoms with van der Waals surface area (Å²) in [5, 5.41) is 5.97. The molecule has 1 amide bonds. The number of amides is 1. The van der Waals surface area contributed by atoms with Gasteiger partial charge in [-0.25, -0.2) is 0 Å². The highest BCUT2D eigenvalue weighted by molar-refractivity contribution is 5.85. The number of nitrogens with two attached hydrogens (primary N) is 1. The molecule has 0 aliphatic heterocycles. The number of aryl methyl sites for hydroxylation is 1. The van der Waals surface area contributed by atoms with Gasteiger partial charge in [0.1, 0.15) is 6.04 Å². The lowest BCUT2D eigenvalue weighted by Gasteiger charge is -2.16. The molecule has 0 spiro atoms. The van der Waals surface area contributed by atoms with E-state index in [4.69, 9.17) is 5.73 Å². The standard InChI is InChI=1S/C13H21N3O/c1-4-7-15-13(17)10(3)16-12-8-9(2)5-6-11(12)14/h5-6,8,10,16H,4,7,14H2,1-3H3,(H,15,17). The summed E-state index contributed by atoms with van der Waals surface area (Å²) in [6, 6.07) is 5.45. The van der Waals surface area contributed by atoms with Gasteiger partial charge in [-0.15, -0.1) is 0 Å². The Kier molecular flexibility index (Phi) is 4.82.